The Bertz CT molecular complexity index is 1520. The van der Waals surface area contributed by atoms with Gasteiger partial charge < -0.3 is 10.6 Å². The van der Waals surface area contributed by atoms with Gasteiger partial charge >= 0.3 is 18.0 Å². The van der Waals surface area contributed by atoms with E-state index in [0.29, 0.717) is 6.07 Å². The molecule has 0 aliphatic heterocycles. The van der Waals surface area contributed by atoms with Crippen molar-refractivity contribution in [2.24, 2.45) is 5.92 Å². The van der Waals surface area contributed by atoms with E-state index >= 15 is 0 Å². The molecule has 0 saturated heterocycles. The Kier molecular flexibility index (Phi) is 7.94. The van der Waals surface area contributed by atoms with Crippen molar-refractivity contribution >= 4 is 21.7 Å². The van der Waals surface area contributed by atoms with Crippen molar-refractivity contribution in [1.82, 2.24) is 10.6 Å². The topological polar surface area (TPSA) is 92.3 Å². The number of benzene rings is 2. The zero-order valence-electron chi connectivity index (χ0n) is 23.1. The van der Waals surface area contributed by atoms with Crippen LogP contribution in [-0.4, -0.2) is 44.2 Å². The van der Waals surface area contributed by atoms with Crippen molar-refractivity contribution < 1.29 is 53.1 Å². The minimum atomic E-state index is -6.36. The second kappa shape index (κ2) is 10.4. The fraction of sp³-hybridized carbons (Fsp3) is 0.500. The van der Waals surface area contributed by atoms with Gasteiger partial charge in [-0.25, -0.2) is 17.2 Å². The van der Waals surface area contributed by atoms with Crippen LogP contribution in [0.25, 0.3) is 0 Å². The average Bonchev–Trinajstić information content (AvgIpc) is 3.26. The van der Waals surface area contributed by atoms with Crippen LogP contribution < -0.4 is 10.6 Å². The first-order valence-electron chi connectivity index (χ1n) is 13.2. The third-order valence-electron chi connectivity index (χ3n) is 8.35. The molecular formula is C28H28F8N2O4S. The van der Waals surface area contributed by atoms with E-state index in [2.05, 4.69) is 10.6 Å². The van der Waals surface area contributed by atoms with Crippen molar-refractivity contribution in [3.05, 3.63) is 65.0 Å². The van der Waals surface area contributed by atoms with Crippen LogP contribution in [0.2, 0.25) is 0 Å². The van der Waals surface area contributed by atoms with Crippen molar-refractivity contribution in [2.75, 3.05) is 0 Å². The molecule has 2 aliphatic carbocycles. The summed E-state index contributed by atoms with van der Waals surface area (Å²) < 4.78 is 136. The molecule has 0 heterocycles. The van der Waals surface area contributed by atoms with Crippen LogP contribution in [0.4, 0.5) is 35.1 Å². The maximum absolute atomic E-state index is 14.9. The number of sulfone groups is 1. The summed E-state index contributed by atoms with van der Waals surface area (Å²) in [5.41, 5.74) is -9.20. The molecular weight excluding hydrogens is 612 g/mol. The van der Waals surface area contributed by atoms with Crippen molar-refractivity contribution in [2.45, 2.75) is 85.7 Å². The second-order valence-electron chi connectivity index (χ2n) is 11.4. The molecule has 0 radical (unpaired) electrons. The highest BCUT2D eigenvalue weighted by atomic mass is 32.2. The van der Waals surface area contributed by atoms with Crippen LogP contribution in [0.5, 0.6) is 0 Å². The fourth-order valence-corrected chi connectivity index (χ4v) is 8.87. The summed E-state index contributed by atoms with van der Waals surface area (Å²) in [6.07, 6.45) is -13.2. The van der Waals surface area contributed by atoms with Gasteiger partial charge in [-0.15, -0.1) is 0 Å². The Balaban J connectivity index is 1.88. The number of rotatable bonds is 6. The van der Waals surface area contributed by atoms with Crippen molar-refractivity contribution in [3.8, 4) is 0 Å². The van der Waals surface area contributed by atoms with E-state index in [1.165, 1.54) is 20.8 Å². The third kappa shape index (κ3) is 5.16. The standard InChI is InChI=1S/C28H28F8N2O4S/c1-15(39)38-24(2,3)23(40)37-22-12-13-25(43(41,42)19-8-6-18(29)7-9-19)20-11-5-17(14-16(20)4-10-21(22)25)26(30,27(31,32)33)28(34,35)36/h5-9,11,14,21-22H,4,10,12-13H2,1-3H3,(H,37,40)(H,38,39)/t21-,22+,25+/m0/s1. The van der Waals surface area contributed by atoms with Crippen LogP contribution >= 0.6 is 0 Å². The molecule has 0 aromatic heterocycles. The fourth-order valence-electron chi connectivity index (χ4n) is 6.40. The molecule has 1 fully saturated rings. The van der Waals surface area contributed by atoms with Gasteiger partial charge in [0.15, 0.2) is 9.84 Å². The molecule has 43 heavy (non-hydrogen) atoms. The van der Waals surface area contributed by atoms with E-state index in [-0.39, 0.29) is 47.8 Å². The maximum atomic E-state index is 14.9. The average molecular weight is 641 g/mol. The van der Waals surface area contributed by atoms with Gasteiger partial charge in [-0.1, -0.05) is 18.2 Å². The highest BCUT2D eigenvalue weighted by molar-refractivity contribution is 7.92. The normalized spacial score (nSPS) is 22.9. The molecule has 2 aliphatic rings. The molecule has 4 rings (SSSR count). The number of halogens is 8. The molecule has 0 bridgehead atoms. The van der Waals surface area contributed by atoms with Gasteiger partial charge in [0.2, 0.25) is 11.8 Å². The number of aryl methyl sites for hydroxylation is 1. The van der Waals surface area contributed by atoms with E-state index in [9.17, 15) is 53.1 Å². The lowest BCUT2D eigenvalue weighted by Crippen LogP contribution is -2.58. The van der Waals surface area contributed by atoms with E-state index in [4.69, 9.17) is 0 Å². The maximum Gasteiger partial charge on any atom is 0.435 e. The number of fused-ring (bicyclic) bond motifs is 3. The van der Waals surface area contributed by atoms with E-state index in [0.717, 1.165) is 30.3 Å². The number of hydrogen-bond acceptors (Lipinski definition) is 4. The molecule has 2 N–H and O–H groups in total. The smallest absolute Gasteiger partial charge is 0.351 e. The molecule has 2 amide bonds. The molecule has 6 nitrogen and oxygen atoms in total. The molecule has 1 saturated carbocycles. The SMILES string of the molecule is CC(=O)NC(C)(C)C(=O)N[C@@H]1CC[C@@]2(S(=O)(=O)c3ccc(F)cc3)c3ccc(C(F)(C(F)(F)F)C(F)(F)F)cc3CC[C@@H]12. The molecule has 2 aromatic carbocycles. The van der Waals surface area contributed by atoms with Gasteiger partial charge in [0.25, 0.3) is 0 Å². The van der Waals surface area contributed by atoms with Gasteiger partial charge in [-0.3, -0.25) is 9.59 Å². The summed E-state index contributed by atoms with van der Waals surface area (Å²) in [5, 5.41) is 5.22. The highest BCUT2D eigenvalue weighted by Gasteiger charge is 2.73. The summed E-state index contributed by atoms with van der Waals surface area (Å²) in [4.78, 5) is 24.3. The predicted molar refractivity (Wildman–Crippen MR) is 137 cm³/mol. The van der Waals surface area contributed by atoms with Crippen LogP contribution in [0.3, 0.4) is 0 Å². The minimum Gasteiger partial charge on any atom is -0.351 e. The van der Waals surface area contributed by atoms with E-state index < -0.39 is 73.3 Å². The Labute approximate surface area is 242 Å². The largest absolute Gasteiger partial charge is 0.435 e. The first-order valence-corrected chi connectivity index (χ1v) is 14.6. The number of nitrogens with one attached hydrogen (secondary N) is 2. The monoisotopic (exact) mass is 640 g/mol. The lowest BCUT2D eigenvalue weighted by molar-refractivity contribution is -0.348. The number of hydrogen-bond donors (Lipinski definition) is 2. The van der Waals surface area contributed by atoms with Gasteiger partial charge in [0.05, 0.1) is 4.90 Å². The summed E-state index contributed by atoms with van der Waals surface area (Å²) in [7, 11) is -4.54. The van der Waals surface area contributed by atoms with Gasteiger partial charge in [-0.05, 0) is 74.9 Å². The van der Waals surface area contributed by atoms with Crippen LogP contribution in [-0.2, 0) is 36.3 Å². The lowest BCUT2D eigenvalue weighted by Gasteiger charge is -2.43. The molecule has 3 atom stereocenters. The predicted octanol–water partition coefficient (Wildman–Crippen LogP) is 5.54. The van der Waals surface area contributed by atoms with Crippen LogP contribution in [0.15, 0.2) is 47.4 Å². The number of carbonyl (C=O) groups excluding carboxylic acids is 2. The number of amides is 2. The van der Waals surface area contributed by atoms with Crippen molar-refractivity contribution in [1.29, 1.82) is 0 Å². The van der Waals surface area contributed by atoms with E-state index in [1.54, 1.807) is 0 Å². The first kappa shape index (κ1) is 32.7. The number of alkyl halides is 7. The Hall–Kier alpha value is -3.23. The first-order chi connectivity index (χ1) is 19.6. The van der Waals surface area contributed by atoms with Gasteiger partial charge in [0.1, 0.15) is 16.1 Å². The molecule has 236 valence electrons. The van der Waals surface area contributed by atoms with Crippen LogP contribution in [0, 0.1) is 11.7 Å². The van der Waals surface area contributed by atoms with Gasteiger partial charge in [0, 0.05) is 24.4 Å². The number of carbonyl (C=O) groups is 2. The zero-order valence-corrected chi connectivity index (χ0v) is 23.9. The molecule has 0 unspecified atom stereocenters. The zero-order chi connectivity index (χ0) is 32.4. The Morgan fingerprint density at radius 1 is 0.907 bits per heavy atom. The van der Waals surface area contributed by atoms with Gasteiger partial charge in [-0.2, -0.15) is 26.3 Å². The second-order valence-corrected chi connectivity index (χ2v) is 13.6. The van der Waals surface area contributed by atoms with E-state index in [1.807, 2.05) is 0 Å². The summed E-state index contributed by atoms with van der Waals surface area (Å²) in [5.74, 6) is -2.85. The molecule has 0 spiro atoms. The Morgan fingerprint density at radius 3 is 2.02 bits per heavy atom. The summed E-state index contributed by atoms with van der Waals surface area (Å²) in [6, 6.07) is 4.38. The summed E-state index contributed by atoms with van der Waals surface area (Å²) in [6.45, 7) is 4.04. The van der Waals surface area contributed by atoms with Crippen LogP contribution in [0.1, 0.15) is 56.7 Å². The minimum absolute atomic E-state index is 0.0341. The quantitative estimate of drug-likeness (QED) is 0.321. The lowest BCUT2D eigenvalue weighted by atomic mass is 9.73. The van der Waals surface area contributed by atoms with Crippen molar-refractivity contribution in [3.63, 3.8) is 0 Å². The third-order valence-corrected chi connectivity index (χ3v) is 10.9. The highest BCUT2D eigenvalue weighted by Crippen LogP contribution is 2.59. The summed E-state index contributed by atoms with van der Waals surface area (Å²) >= 11 is 0. The Morgan fingerprint density at radius 2 is 1.49 bits per heavy atom. The molecule has 15 heteroatoms. The molecule has 2 aromatic rings.